The molecule has 4 aromatic heterocycles. The molecule has 0 aliphatic carbocycles. The van der Waals surface area contributed by atoms with Crippen molar-refractivity contribution in [2.45, 2.75) is 0 Å². The molecule has 5 heteroatoms. The van der Waals surface area contributed by atoms with Gasteiger partial charge in [-0.15, -0.1) is 22.7 Å². The van der Waals surface area contributed by atoms with Gasteiger partial charge in [-0.3, -0.25) is 0 Å². The molecule has 3 nitrogen and oxygen atoms in total. The first-order valence-electron chi connectivity index (χ1n) is 16.2. The largest absolute Gasteiger partial charge is 0.309 e. The second-order valence-corrected chi connectivity index (χ2v) is 14.5. The Morgan fingerprint density at radius 3 is 2.31 bits per heavy atom. The first-order chi connectivity index (χ1) is 24.3. The summed E-state index contributed by atoms with van der Waals surface area (Å²) < 4.78 is 7.20. The van der Waals surface area contributed by atoms with Crippen LogP contribution in [0.15, 0.2) is 140 Å². The molecule has 226 valence electrons. The Balaban J connectivity index is 1.17. The van der Waals surface area contributed by atoms with E-state index in [0.29, 0.717) is 0 Å². The number of hydrogen-bond donors (Lipinski definition) is 0. The van der Waals surface area contributed by atoms with Crippen LogP contribution in [0.2, 0.25) is 0 Å². The van der Waals surface area contributed by atoms with Gasteiger partial charge in [0, 0.05) is 63.2 Å². The van der Waals surface area contributed by atoms with Crippen molar-refractivity contribution in [3.8, 4) is 28.3 Å². The normalized spacial score (nSPS) is 11.9. The minimum atomic E-state index is 0.738. The fraction of sp³-hybridized carbons (Fsp3) is 0. The van der Waals surface area contributed by atoms with E-state index in [4.69, 9.17) is 9.97 Å². The van der Waals surface area contributed by atoms with Gasteiger partial charge in [-0.25, -0.2) is 9.97 Å². The van der Waals surface area contributed by atoms with Gasteiger partial charge in [-0.1, -0.05) is 103 Å². The molecular weight excluding hydrogens is 635 g/mol. The highest BCUT2D eigenvalue weighted by atomic mass is 32.1. The van der Waals surface area contributed by atoms with Gasteiger partial charge in [-0.05, 0) is 53.9 Å². The summed E-state index contributed by atoms with van der Waals surface area (Å²) >= 11 is 3.58. The van der Waals surface area contributed by atoms with Gasteiger partial charge >= 0.3 is 0 Å². The molecule has 0 saturated carbocycles. The number of aromatic nitrogens is 3. The summed E-state index contributed by atoms with van der Waals surface area (Å²) in [6, 6.07) is 56.0. The average Bonchev–Trinajstić information content (AvgIpc) is 3.84. The lowest BCUT2D eigenvalue weighted by molar-refractivity contribution is 1.19. The van der Waals surface area contributed by atoms with Crippen molar-refractivity contribution >= 4 is 95.7 Å². The Labute approximate surface area is 289 Å². The number of benzene rings is 6. The number of para-hydroxylation sites is 1. The quantitative estimate of drug-likeness (QED) is 0.189. The molecule has 0 saturated heterocycles. The molecule has 0 aliphatic rings. The van der Waals surface area contributed by atoms with Gasteiger partial charge < -0.3 is 4.57 Å². The van der Waals surface area contributed by atoms with Crippen molar-refractivity contribution in [3.63, 3.8) is 0 Å². The maximum Gasteiger partial charge on any atom is 0.161 e. The maximum absolute atomic E-state index is 5.29. The third kappa shape index (κ3) is 3.90. The van der Waals surface area contributed by atoms with Crippen molar-refractivity contribution < 1.29 is 0 Å². The number of rotatable bonds is 3. The Hall–Kier alpha value is -6.06. The molecule has 0 atom stereocenters. The predicted molar refractivity (Wildman–Crippen MR) is 208 cm³/mol. The Kier molecular flexibility index (Phi) is 5.62. The highest BCUT2D eigenvalue weighted by molar-refractivity contribution is 7.26. The lowest BCUT2D eigenvalue weighted by atomic mass is 10.0. The second kappa shape index (κ2) is 10.2. The minimum absolute atomic E-state index is 0.738. The number of fused-ring (bicyclic) bond motifs is 11. The molecule has 4 heterocycles. The summed E-state index contributed by atoms with van der Waals surface area (Å²) in [5, 5.41) is 8.60. The zero-order valence-corrected chi connectivity index (χ0v) is 27.6. The first-order valence-corrected chi connectivity index (χ1v) is 17.9. The molecule has 0 bridgehead atoms. The van der Waals surface area contributed by atoms with Gasteiger partial charge in [0.15, 0.2) is 5.82 Å². The number of nitrogens with zero attached hydrogens (tertiary/aromatic N) is 3. The zero-order chi connectivity index (χ0) is 32.1. The average molecular weight is 658 g/mol. The highest BCUT2D eigenvalue weighted by Gasteiger charge is 2.20. The van der Waals surface area contributed by atoms with Crippen molar-refractivity contribution in [1.29, 1.82) is 0 Å². The van der Waals surface area contributed by atoms with Crippen molar-refractivity contribution in [1.82, 2.24) is 14.5 Å². The van der Waals surface area contributed by atoms with Gasteiger partial charge in [0.2, 0.25) is 0 Å². The Bertz CT molecular complexity index is 3110. The molecule has 0 radical (unpaired) electrons. The highest BCUT2D eigenvalue weighted by Crippen LogP contribution is 2.44. The van der Waals surface area contributed by atoms with Crippen LogP contribution in [-0.4, -0.2) is 14.5 Å². The molecule has 0 unspecified atom stereocenters. The zero-order valence-electron chi connectivity index (χ0n) is 25.9. The van der Waals surface area contributed by atoms with E-state index in [1.807, 2.05) is 23.5 Å². The third-order valence-electron chi connectivity index (χ3n) is 9.69. The Morgan fingerprint density at radius 2 is 1.39 bits per heavy atom. The second-order valence-electron chi connectivity index (χ2n) is 12.4. The van der Waals surface area contributed by atoms with Crippen LogP contribution in [0.5, 0.6) is 0 Å². The summed E-state index contributed by atoms with van der Waals surface area (Å²) in [6.45, 7) is 0. The third-order valence-corrected chi connectivity index (χ3v) is 12.0. The molecule has 0 aliphatic heterocycles. The molecule has 11 aromatic rings. The summed E-state index contributed by atoms with van der Waals surface area (Å²) in [5.41, 5.74) is 7.60. The number of hydrogen-bond acceptors (Lipinski definition) is 4. The van der Waals surface area contributed by atoms with E-state index in [0.717, 1.165) is 43.9 Å². The molecule has 0 spiro atoms. The summed E-state index contributed by atoms with van der Waals surface area (Å²) in [7, 11) is 0. The van der Waals surface area contributed by atoms with Crippen molar-refractivity contribution in [3.05, 3.63) is 152 Å². The smallest absolute Gasteiger partial charge is 0.161 e. The van der Waals surface area contributed by atoms with Crippen LogP contribution < -0.4 is 0 Å². The van der Waals surface area contributed by atoms with Crippen molar-refractivity contribution in [2.75, 3.05) is 0 Å². The molecule has 49 heavy (non-hydrogen) atoms. The maximum atomic E-state index is 5.29. The summed E-state index contributed by atoms with van der Waals surface area (Å²) in [5.74, 6) is 0.738. The van der Waals surface area contributed by atoms with E-state index in [9.17, 15) is 0 Å². The van der Waals surface area contributed by atoms with Gasteiger partial charge in [-0.2, -0.15) is 0 Å². The minimum Gasteiger partial charge on any atom is -0.309 e. The lowest BCUT2D eigenvalue weighted by Crippen LogP contribution is -1.94. The molecular formula is C44H23N3S2. The van der Waals surface area contributed by atoms with E-state index >= 15 is 0 Å². The van der Waals surface area contributed by atoms with Crippen LogP contribution in [0, 0.1) is 12.1 Å². The predicted octanol–water partition coefficient (Wildman–Crippen LogP) is 12.4. The van der Waals surface area contributed by atoms with Crippen molar-refractivity contribution in [2.24, 2.45) is 0 Å². The molecule has 11 rings (SSSR count). The van der Waals surface area contributed by atoms with Crippen LogP contribution >= 0.6 is 22.7 Å². The monoisotopic (exact) mass is 657 g/mol. The van der Waals surface area contributed by atoms with Crippen LogP contribution in [0.4, 0.5) is 0 Å². The molecule has 7 aromatic carbocycles. The van der Waals surface area contributed by atoms with Gasteiger partial charge in [0.05, 0.1) is 26.9 Å². The summed E-state index contributed by atoms with van der Waals surface area (Å²) in [4.78, 5) is 10.6. The fourth-order valence-corrected chi connectivity index (χ4v) is 9.86. The Morgan fingerprint density at radius 1 is 0.571 bits per heavy atom. The molecule has 0 fully saturated rings. The number of thiophene rings is 2. The summed E-state index contributed by atoms with van der Waals surface area (Å²) in [6.07, 6.45) is 0. The molecule has 0 N–H and O–H groups in total. The van der Waals surface area contributed by atoms with E-state index in [-0.39, 0.29) is 0 Å². The lowest BCUT2D eigenvalue weighted by Gasteiger charge is -2.10. The van der Waals surface area contributed by atoms with Gasteiger partial charge in [0.1, 0.15) is 0 Å². The van der Waals surface area contributed by atoms with Crippen LogP contribution in [0.25, 0.3) is 101 Å². The first kappa shape index (κ1) is 26.9. The van der Waals surface area contributed by atoms with Crippen LogP contribution in [-0.2, 0) is 0 Å². The van der Waals surface area contributed by atoms with Crippen LogP contribution in [0.3, 0.4) is 0 Å². The molecule has 0 amide bonds. The topological polar surface area (TPSA) is 30.7 Å². The standard InChI is InChI=1S/C44H23N3S2/c1-2-12-27(13-3-1)40-43-41(33-16-7-9-19-36(33)49-43)46-44(45-40)34-17-10-20-37-39(34)32-24-22-28(25-38(32)48-37)47-35-18-8-6-15-30(35)31-23-21-26-11-4-5-14-29(26)42(31)47/h2,4-25H. The van der Waals surface area contributed by atoms with E-state index in [1.54, 1.807) is 11.3 Å². The van der Waals surface area contributed by atoms with E-state index in [1.165, 1.54) is 57.5 Å². The van der Waals surface area contributed by atoms with Crippen LogP contribution in [0.1, 0.15) is 0 Å². The van der Waals surface area contributed by atoms with Gasteiger partial charge in [0.25, 0.3) is 0 Å². The SMILES string of the molecule is c1ccc(-c2nc(-c3cccc4sc5cc(-n6c7ccccc7c7ccc8ccccc8c76)ccc5c34)nc3c2sc2ccccc23)cc#1. The van der Waals surface area contributed by atoms with E-state index < -0.39 is 0 Å². The fourth-order valence-electron chi connectivity index (χ4n) is 7.54. The van der Waals surface area contributed by atoms with E-state index in [2.05, 4.69) is 144 Å².